The number of carbonyl (C=O) groups is 2. The van der Waals surface area contributed by atoms with Gasteiger partial charge in [-0.15, -0.1) is 11.6 Å². The molecule has 1 heterocycles. The van der Waals surface area contributed by atoms with E-state index in [0.717, 1.165) is 5.56 Å². The summed E-state index contributed by atoms with van der Waals surface area (Å²) >= 11 is 12.7. The van der Waals surface area contributed by atoms with Crippen LogP contribution in [0.2, 0.25) is 5.02 Å². The number of nitrogens with zero attached hydrogens (tertiary/aromatic N) is 1. The number of carboxylic acid groups (broad SMARTS) is 1. The molecule has 5 rings (SSSR count). The molecule has 1 amide bonds. The van der Waals surface area contributed by atoms with E-state index in [1.165, 1.54) is 25.3 Å². The van der Waals surface area contributed by atoms with Gasteiger partial charge < -0.3 is 20.1 Å². The zero-order chi connectivity index (χ0) is 27.7. The Bertz CT molecular complexity index is 1600. The van der Waals surface area contributed by atoms with Crippen LogP contribution in [-0.2, 0) is 6.54 Å². The molecule has 1 aliphatic carbocycles. The van der Waals surface area contributed by atoms with E-state index < -0.39 is 29.0 Å². The van der Waals surface area contributed by atoms with E-state index in [9.17, 15) is 19.1 Å². The molecule has 1 aliphatic rings. The van der Waals surface area contributed by atoms with Crippen molar-refractivity contribution in [3.05, 3.63) is 99.6 Å². The molecule has 0 fully saturated rings. The number of halogens is 3. The molecule has 4 aromatic rings. The van der Waals surface area contributed by atoms with E-state index in [1.807, 2.05) is 6.08 Å². The fraction of sp³-hybridized carbons (Fsp3) is 0.207. The molecule has 0 aliphatic heterocycles. The fourth-order valence-corrected chi connectivity index (χ4v) is 5.36. The molecule has 0 radical (unpaired) electrons. The number of ether oxygens (including phenoxy) is 1. The summed E-state index contributed by atoms with van der Waals surface area (Å²) in [6, 6.07) is 14.5. The van der Waals surface area contributed by atoms with Gasteiger partial charge in [0.15, 0.2) is 11.6 Å². The number of aromatic nitrogens is 2. The molecule has 0 saturated heterocycles. The Hall–Kier alpha value is -3.88. The molecule has 0 spiro atoms. The lowest BCUT2D eigenvalue weighted by Gasteiger charge is -2.29. The van der Waals surface area contributed by atoms with Gasteiger partial charge in [-0.25, -0.2) is 14.2 Å². The second-order valence-electron chi connectivity index (χ2n) is 9.24. The lowest BCUT2D eigenvalue weighted by Crippen LogP contribution is -2.25. The second kappa shape index (κ2) is 11.1. The lowest BCUT2D eigenvalue weighted by molar-refractivity contribution is 0.0695. The smallest absolute Gasteiger partial charge is 0.336 e. The van der Waals surface area contributed by atoms with Gasteiger partial charge in [0.25, 0.3) is 5.91 Å². The lowest BCUT2D eigenvalue weighted by atomic mass is 9.79. The standard InChI is InChI=1S/C29H24Cl2FN3O4/c1-39-25-13-24-23(12-22(25)32)34-27(35-24)19-3-2-4-21(31)26(19)18-10-7-16(11-20(18)29(37)38)28(36)33-14-15-5-8-17(30)9-6-15/h3,5-13,21,26H,2,4,14H2,1H3,(H,33,36)(H,34,35)(H,37,38)/t21?,26-/m1/s1. The predicted molar refractivity (Wildman–Crippen MR) is 148 cm³/mol. The zero-order valence-corrected chi connectivity index (χ0v) is 22.3. The van der Waals surface area contributed by atoms with Crippen molar-refractivity contribution in [1.82, 2.24) is 15.3 Å². The molecular formula is C29H24Cl2FN3O4. The van der Waals surface area contributed by atoms with Gasteiger partial charge in [0.1, 0.15) is 5.82 Å². The summed E-state index contributed by atoms with van der Waals surface area (Å²) in [4.78, 5) is 33.0. The maximum atomic E-state index is 14.3. The molecular weight excluding hydrogens is 544 g/mol. The highest BCUT2D eigenvalue weighted by Crippen LogP contribution is 2.43. The van der Waals surface area contributed by atoms with E-state index >= 15 is 0 Å². The average Bonchev–Trinajstić information content (AvgIpc) is 3.34. The molecule has 3 N–H and O–H groups in total. The number of nitrogens with one attached hydrogen (secondary N) is 2. The zero-order valence-electron chi connectivity index (χ0n) is 20.8. The summed E-state index contributed by atoms with van der Waals surface area (Å²) in [6.45, 7) is 0.261. The minimum atomic E-state index is -1.18. The van der Waals surface area contributed by atoms with Gasteiger partial charge in [-0.2, -0.15) is 0 Å². The largest absolute Gasteiger partial charge is 0.494 e. The third kappa shape index (κ3) is 5.48. The Balaban J connectivity index is 1.47. The first-order chi connectivity index (χ1) is 18.7. The topological polar surface area (TPSA) is 104 Å². The van der Waals surface area contributed by atoms with Crippen LogP contribution in [0.3, 0.4) is 0 Å². The molecule has 3 aromatic carbocycles. The van der Waals surface area contributed by atoms with Crippen molar-refractivity contribution >= 4 is 51.7 Å². The third-order valence-electron chi connectivity index (χ3n) is 6.78. The Kier molecular flexibility index (Phi) is 7.59. The van der Waals surface area contributed by atoms with Crippen LogP contribution in [0.5, 0.6) is 5.75 Å². The Morgan fingerprint density at radius 1 is 1.18 bits per heavy atom. The highest BCUT2D eigenvalue weighted by molar-refractivity contribution is 6.30. The van der Waals surface area contributed by atoms with Crippen molar-refractivity contribution < 1.29 is 23.8 Å². The molecule has 2 atom stereocenters. The number of alkyl halides is 1. The van der Waals surface area contributed by atoms with Crippen molar-refractivity contribution in [3.63, 3.8) is 0 Å². The van der Waals surface area contributed by atoms with Gasteiger partial charge in [0, 0.05) is 40.6 Å². The van der Waals surface area contributed by atoms with Crippen LogP contribution < -0.4 is 10.1 Å². The summed E-state index contributed by atoms with van der Waals surface area (Å²) in [5, 5.41) is 13.1. The number of methoxy groups -OCH3 is 1. The number of benzene rings is 3. The number of fused-ring (bicyclic) bond motifs is 1. The Morgan fingerprint density at radius 3 is 2.67 bits per heavy atom. The van der Waals surface area contributed by atoms with E-state index in [4.69, 9.17) is 27.9 Å². The molecule has 39 heavy (non-hydrogen) atoms. The second-order valence-corrected chi connectivity index (χ2v) is 10.2. The van der Waals surface area contributed by atoms with Gasteiger partial charge >= 0.3 is 5.97 Å². The van der Waals surface area contributed by atoms with E-state index in [0.29, 0.717) is 45.9 Å². The molecule has 1 aromatic heterocycles. The van der Waals surface area contributed by atoms with E-state index in [2.05, 4.69) is 15.3 Å². The summed E-state index contributed by atoms with van der Waals surface area (Å²) < 4.78 is 19.3. The van der Waals surface area contributed by atoms with Gasteiger partial charge in [-0.05, 0) is 53.8 Å². The minimum Gasteiger partial charge on any atom is -0.494 e. The minimum absolute atomic E-state index is 0.0265. The maximum Gasteiger partial charge on any atom is 0.336 e. The number of amides is 1. The summed E-state index contributed by atoms with van der Waals surface area (Å²) in [5.41, 5.74) is 3.20. The van der Waals surface area contributed by atoms with Gasteiger partial charge in [-0.1, -0.05) is 35.9 Å². The number of H-pyrrole nitrogens is 1. The number of allylic oxidation sites excluding steroid dienone is 2. The number of carboxylic acids is 1. The van der Waals surface area contributed by atoms with Crippen LogP contribution in [0.25, 0.3) is 16.6 Å². The number of hydrogen-bond donors (Lipinski definition) is 3. The number of carbonyl (C=O) groups excluding carboxylic acids is 1. The maximum absolute atomic E-state index is 14.3. The van der Waals surface area contributed by atoms with Gasteiger partial charge in [0.2, 0.25) is 0 Å². The van der Waals surface area contributed by atoms with Crippen molar-refractivity contribution in [2.24, 2.45) is 0 Å². The van der Waals surface area contributed by atoms with E-state index in [-0.39, 0.29) is 23.4 Å². The summed E-state index contributed by atoms with van der Waals surface area (Å²) in [5.74, 6) is -2.10. The van der Waals surface area contributed by atoms with Crippen molar-refractivity contribution in [3.8, 4) is 5.75 Å². The summed E-state index contributed by atoms with van der Waals surface area (Å²) in [6.07, 6.45) is 3.26. The van der Waals surface area contributed by atoms with Gasteiger partial charge in [-0.3, -0.25) is 4.79 Å². The van der Waals surface area contributed by atoms with E-state index in [1.54, 1.807) is 36.4 Å². The SMILES string of the molecule is COc1cc2nc(C3=CCCC(Cl)[C@@H]3c3ccc(C(=O)NCc4ccc(Cl)cc4)cc3C(=O)O)[nH]c2cc1F. The van der Waals surface area contributed by atoms with Gasteiger partial charge in [0.05, 0.1) is 23.7 Å². The number of aromatic amines is 1. The molecule has 200 valence electrons. The monoisotopic (exact) mass is 567 g/mol. The quantitative estimate of drug-likeness (QED) is 0.219. The number of hydrogen-bond acceptors (Lipinski definition) is 4. The number of aromatic carboxylic acids is 1. The molecule has 0 saturated carbocycles. The molecule has 0 bridgehead atoms. The first-order valence-electron chi connectivity index (χ1n) is 12.2. The fourth-order valence-electron chi connectivity index (χ4n) is 4.84. The van der Waals surface area contributed by atoms with Crippen molar-refractivity contribution in [1.29, 1.82) is 0 Å². The Labute approximate surface area is 233 Å². The summed E-state index contributed by atoms with van der Waals surface area (Å²) in [7, 11) is 1.38. The average molecular weight is 568 g/mol. The third-order valence-corrected chi connectivity index (χ3v) is 7.50. The van der Waals surface area contributed by atoms with Crippen LogP contribution in [-0.4, -0.2) is 39.4 Å². The van der Waals surface area contributed by atoms with Crippen LogP contribution in [0.15, 0.2) is 60.7 Å². The number of rotatable bonds is 7. The highest BCUT2D eigenvalue weighted by atomic mass is 35.5. The van der Waals surface area contributed by atoms with Crippen LogP contribution in [0, 0.1) is 5.82 Å². The first-order valence-corrected chi connectivity index (χ1v) is 13.0. The van der Waals surface area contributed by atoms with Crippen LogP contribution >= 0.6 is 23.2 Å². The number of imidazole rings is 1. The normalized spacial score (nSPS) is 17.1. The van der Waals surface area contributed by atoms with Crippen molar-refractivity contribution in [2.75, 3.05) is 7.11 Å². The highest BCUT2D eigenvalue weighted by Gasteiger charge is 2.33. The molecule has 1 unspecified atom stereocenters. The molecule has 10 heteroatoms. The first kappa shape index (κ1) is 26.7. The molecule has 7 nitrogen and oxygen atoms in total. The Morgan fingerprint density at radius 2 is 1.95 bits per heavy atom. The predicted octanol–water partition coefficient (Wildman–Crippen LogP) is 6.56. The van der Waals surface area contributed by atoms with Crippen LogP contribution in [0.1, 0.15) is 56.4 Å². The van der Waals surface area contributed by atoms with Crippen LogP contribution in [0.4, 0.5) is 4.39 Å². The van der Waals surface area contributed by atoms with Crippen molar-refractivity contribution in [2.45, 2.75) is 30.7 Å².